The van der Waals surface area contributed by atoms with Crippen molar-refractivity contribution in [1.82, 2.24) is 10.3 Å². The molecule has 4 aliphatic rings. The van der Waals surface area contributed by atoms with Gasteiger partial charge in [0.05, 0.1) is 13.0 Å². The zero-order valence-electron chi connectivity index (χ0n) is 32.5. The van der Waals surface area contributed by atoms with E-state index in [1.54, 1.807) is 18.2 Å². The van der Waals surface area contributed by atoms with Crippen LogP contribution in [0, 0.1) is 0 Å². The zero-order valence-corrected chi connectivity index (χ0v) is 32.5. The van der Waals surface area contributed by atoms with E-state index < -0.39 is 79.8 Å². The van der Waals surface area contributed by atoms with E-state index in [2.05, 4.69) is 10.3 Å². The summed E-state index contributed by atoms with van der Waals surface area (Å²) in [4.78, 5) is 27.3. The molecule has 0 bridgehead atoms. The van der Waals surface area contributed by atoms with Gasteiger partial charge in [-0.25, -0.2) is 0 Å². The largest absolute Gasteiger partial charge is 0.490 e. The Balaban J connectivity index is 1.17. The lowest BCUT2D eigenvalue weighted by Gasteiger charge is -2.52. The molecule has 5 aromatic rings. The first-order chi connectivity index (χ1) is 29.5. The second-order valence-electron chi connectivity index (χ2n) is 15.2. The summed E-state index contributed by atoms with van der Waals surface area (Å²) >= 11 is 0. The average Bonchev–Trinajstić information content (AvgIpc) is 3.86. The van der Waals surface area contributed by atoms with E-state index in [1.807, 2.05) is 66.9 Å². The number of esters is 1. The van der Waals surface area contributed by atoms with Gasteiger partial charge in [-0.15, -0.1) is 0 Å². The zero-order chi connectivity index (χ0) is 42.6. The number of carbonyl (C=O) groups excluding carboxylic acids is 1. The average molecular weight is 838 g/mol. The van der Waals surface area contributed by atoms with Gasteiger partial charge in [0.2, 0.25) is 12.0 Å². The Labute approximate surface area is 347 Å². The number of aromatic nitrogens is 1. The first kappa shape index (κ1) is 40.1. The summed E-state index contributed by atoms with van der Waals surface area (Å²) in [5.41, 5.74) is 8.87. The fraction of sp³-hybridized carbons (Fsp3) is 0.318. The topological polar surface area (TPSA) is 254 Å². The van der Waals surface area contributed by atoms with Crippen LogP contribution in [0.15, 0.2) is 97.3 Å². The number of nitrogens with two attached hydrogens (primary N) is 1. The lowest BCUT2D eigenvalue weighted by molar-refractivity contribution is -0.321. The Bertz CT molecular complexity index is 2490. The molecule has 4 aromatic carbocycles. The number of aliphatic hydroxyl groups excluding tert-OH is 4. The second-order valence-corrected chi connectivity index (χ2v) is 15.2. The maximum absolute atomic E-state index is 12.6. The number of carboxylic acid groups (broad SMARTS) is 1. The minimum absolute atomic E-state index is 0.118. The molecule has 318 valence electrons. The number of carboxylic acids is 1. The number of H-pyrrole nitrogens is 1. The van der Waals surface area contributed by atoms with Gasteiger partial charge in [0.1, 0.15) is 54.6 Å². The minimum Gasteiger partial charge on any atom is -0.490 e. The third kappa shape index (κ3) is 6.94. The van der Waals surface area contributed by atoms with E-state index >= 15 is 0 Å². The highest BCUT2D eigenvalue weighted by Crippen LogP contribution is 2.60. The van der Waals surface area contributed by atoms with Crippen LogP contribution in [0.5, 0.6) is 28.7 Å². The smallest absolute Gasteiger partial charge is 0.317 e. The van der Waals surface area contributed by atoms with Crippen molar-refractivity contribution >= 4 is 22.8 Å². The molecule has 0 amide bonds. The number of ether oxygens (including phenoxy) is 7. The van der Waals surface area contributed by atoms with E-state index in [0.717, 1.165) is 27.6 Å². The van der Waals surface area contributed by atoms with Crippen molar-refractivity contribution in [1.29, 1.82) is 0 Å². The Morgan fingerprint density at radius 3 is 2.51 bits per heavy atom. The Hall–Kier alpha value is -6.34. The van der Waals surface area contributed by atoms with E-state index in [-0.39, 0.29) is 11.7 Å². The van der Waals surface area contributed by atoms with Crippen molar-refractivity contribution in [3.8, 4) is 39.9 Å². The van der Waals surface area contributed by atoms with Crippen LogP contribution in [0.25, 0.3) is 22.0 Å². The van der Waals surface area contributed by atoms with Crippen LogP contribution in [-0.2, 0) is 25.5 Å². The summed E-state index contributed by atoms with van der Waals surface area (Å²) in [6.07, 6.45) is -7.49. The third-order valence-corrected chi connectivity index (χ3v) is 11.6. The number of hydrogen-bond acceptors (Lipinski definition) is 15. The summed E-state index contributed by atoms with van der Waals surface area (Å²) < 4.78 is 43.4. The maximum atomic E-state index is 12.6. The summed E-state index contributed by atoms with van der Waals surface area (Å²) in [5, 5.41) is 56.6. The molecular formula is C44H43N3O14. The fourth-order valence-electron chi connectivity index (χ4n) is 8.93. The van der Waals surface area contributed by atoms with Gasteiger partial charge in [-0.1, -0.05) is 54.6 Å². The molecule has 9 rings (SSSR count). The van der Waals surface area contributed by atoms with Crippen LogP contribution in [0.4, 0.5) is 0 Å². The maximum Gasteiger partial charge on any atom is 0.317 e. The number of rotatable bonds is 11. The normalized spacial score (nSPS) is 28.4. The number of benzene rings is 4. The molecule has 1 aromatic heterocycles. The number of carbonyl (C=O) groups is 2. The molecule has 9 N–H and O–H groups in total. The van der Waals surface area contributed by atoms with Crippen molar-refractivity contribution in [3.05, 3.63) is 114 Å². The minimum atomic E-state index is -2.11. The number of aliphatic carboxylic acids is 1. The molecule has 17 heteroatoms. The number of aliphatic hydroxyl groups is 4. The molecular weight excluding hydrogens is 794 g/mol. The summed E-state index contributed by atoms with van der Waals surface area (Å²) in [5.74, 6) is -1.47. The molecule has 1 spiro atoms. The van der Waals surface area contributed by atoms with E-state index in [4.69, 9.17) is 38.9 Å². The van der Waals surface area contributed by atoms with Crippen molar-refractivity contribution in [3.63, 3.8) is 0 Å². The van der Waals surface area contributed by atoms with Crippen molar-refractivity contribution in [2.75, 3.05) is 13.9 Å². The van der Waals surface area contributed by atoms with Gasteiger partial charge in [-0.2, -0.15) is 0 Å². The van der Waals surface area contributed by atoms with Crippen LogP contribution in [0.3, 0.4) is 0 Å². The van der Waals surface area contributed by atoms with Crippen molar-refractivity contribution < 1.29 is 68.3 Å². The third-order valence-electron chi connectivity index (χ3n) is 11.6. The van der Waals surface area contributed by atoms with Gasteiger partial charge in [-0.05, 0) is 41.6 Å². The van der Waals surface area contributed by atoms with Crippen LogP contribution in [0.1, 0.15) is 35.1 Å². The van der Waals surface area contributed by atoms with E-state index in [0.29, 0.717) is 40.5 Å². The summed E-state index contributed by atoms with van der Waals surface area (Å²) in [6.45, 7) is -0.578. The number of fused-ring (bicyclic) bond motifs is 6. The molecule has 61 heavy (non-hydrogen) atoms. The van der Waals surface area contributed by atoms with Gasteiger partial charge >= 0.3 is 11.9 Å². The number of aromatic amines is 1. The monoisotopic (exact) mass is 837 g/mol. The summed E-state index contributed by atoms with van der Waals surface area (Å²) in [7, 11) is 1.50. The molecule has 1 fully saturated rings. The molecule has 10 unspecified atom stereocenters. The van der Waals surface area contributed by atoms with Crippen molar-refractivity contribution in [2.24, 2.45) is 5.73 Å². The first-order valence-electron chi connectivity index (χ1n) is 19.6. The first-order valence-corrected chi connectivity index (χ1v) is 19.6. The molecule has 1 saturated heterocycles. The van der Waals surface area contributed by atoms with Crippen LogP contribution >= 0.6 is 0 Å². The summed E-state index contributed by atoms with van der Waals surface area (Å²) in [6, 6.07) is 24.5. The molecule has 10 atom stereocenters. The molecule has 0 radical (unpaired) electrons. The lowest BCUT2D eigenvalue weighted by Crippen LogP contribution is -2.74. The highest BCUT2D eigenvalue weighted by molar-refractivity contribution is 5.97. The van der Waals surface area contributed by atoms with Gasteiger partial charge in [-0.3, -0.25) is 9.59 Å². The highest BCUT2D eigenvalue weighted by atomic mass is 16.7. The van der Waals surface area contributed by atoms with Crippen LogP contribution in [-0.4, -0.2) is 105 Å². The number of para-hydroxylation sites is 1. The molecule has 5 heterocycles. The number of nitrogens with one attached hydrogen (secondary N) is 2. The van der Waals surface area contributed by atoms with Gasteiger partial charge in [0.15, 0.2) is 30.0 Å². The molecule has 17 nitrogen and oxygen atoms in total. The van der Waals surface area contributed by atoms with E-state index in [1.165, 1.54) is 19.4 Å². The molecule has 0 aliphatic carbocycles. The SMILES string of the molecule is COc1c(OCO)ccc2c1OC1c3c(cc(OC4OC5(C=CNC(N)C5OC(=O)CC(=O)O)C(O)C(O)C4O)cc3-c3c[nH]c4ccccc34)OC(Cc3ccccc3)C21. The molecule has 4 aliphatic heterocycles. The van der Waals surface area contributed by atoms with Crippen molar-refractivity contribution in [2.45, 2.75) is 73.4 Å². The Morgan fingerprint density at radius 2 is 1.74 bits per heavy atom. The lowest BCUT2D eigenvalue weighted by atomic mass is 9.79. The standard InChI is InChI=1S/C44H43N3O14/c1-55-38-28(56-20-48)12-11-24-33-29(15-21-7-3-2-4-8-21)58-30-17-22(16-25(34(30)39(33)60-37(24)38)26-19-47-27-10-6-5-9-23(26)27)57-43-36(53)35(52)40(54)44(61-43)13-14-46-42(45)41(44)59-32(51)18-31(49)50/h2-14,16-17,19,29,33,35-36,39-43,46-48,52-54H,15,18,20,45H2,1H3,(H,49,50). The van der Waals surface area contributed by atoms with Gasteiger partial charge in [0.25, 0.3) is 0 Å². The molecule has 0 saturated carbocycles. The predicted octanol–water partition coefficient (Wildman–Crippen LogP) is 2.74. The van der Waals surface area contributed by atoms with Gasteiger partial charge in [0, 0.05) is 46.3 Å². The van der Waals surface area contributed by atoms with E-state index in [9.17, 15) is 35.1 Å². The van der Waals surface area contributed by atoms with Gasteiger partial charge < -0.3 is 74.7 Å². The Morgan fingerprint density at radius 1 is 0.951 bits per heavy atom. The predicted molar refractivity (Wildman–Crippen MR) is 214 cm³/mol. The number of hydrogen-bond donors (Lipinski definition) is 8. The second kappa shape index (κ2) is 15.9. The Kier molecular flexibility index (Phi) is 10.5. The van der Waals surface area contributed by atoms with Crippen LogP contribution in [0.2, 0.25) is 0 Å². The quantitative estimate of drug-likeness (QED) is 0.0541. The van der Waals surface area contributed by atoms with Crippen LogP contribution < -0.4 is 34.7 Å². The highest BCUT2D eigenvalue weighted by Gasteiger charge is 2.61. The number of methoxy groups -OCH3 is 1. The fourth-order valence-corrected chi connectivity index (χ4v) is 8.93.